The molecule has 0 radical (unpaired) electrons. The number of halogens is 2. The summed E-state index contributed by atoms with van der Waals surface area (Å²) in [5.41, 5.74) is 5.36. The smallest absolute Gasteiger partial charge is 0.129 e. The Morgan fingerprint density at radius 2 is 1.12 bits per heavy atom. The normalized spacial score (nSPS) is 10.9. The first-order valence-corrected chi connectivity index (χ1v) is 12.0. The summed E-state index contributed by atoms with van der Waals surface area (Å²) in [5, 5.41) is 0. The Kier molecular flexibility index (Phi) is 7.53. The fourth-order valence-corrected chi connectivity index (χ4v) is 4.03. The molecule has 0 heterocycles. The molecule has 33 heavy (non-hydrogen) atoms. The summed E-state index contributed by atoms with van der Waals surface area (Å²) in [6.45, 7) is 0. The highest BCUT2D eigenvalue weighted by atomic mass is 79.9. The molecule has 0 aromatic heterocycles. The molecule has 0 saturated heterocycles. The third-order valence-electron chi connectivity index (χ3n) is 5.22. The van der Waals surface area contributed by atoms with Gasteiger partial charge in [0.1, 0.15) is 11.5 Å². The lowest BCUT2D eigenvalue weighted by atomic mass is 10.1. The van der Waals surface area contributed by atoms with Crippen molar-refractivity contribution in [2.24, 2.45) is 0 Å². The quantitative estimate of drug-likeness (QED) is 0.209. The summed E-state index contributed by atoms with van der Waals surface area (Å²) >= 11 is 7.07. The summed E-state index contributed by atoms with van der Waals surface area (Å²) in [7, 11) is 3.32. The van der Waals surface area contributed by atoms with Gasteiger partial charge < -0.3 is 14.4 Å². The number of hydrogen-bond donors (Lipinski definition) is 0. The fourth-order valence-electron chi connectivity index (χ4n) is 3.50. The van der Waals surface area contributed by atoms with Crippen LogP contribution >= 0.6 is 31.9 Å². The number of anilines is 3. The van der Waals surface area contributed by atoms with Gasteiger partial charge in [0.05, 0.1) is 14.2 Å². The zero-order valence-electron chi connectivity index (χ0n) is 18.3. The highest BCUT2D eigenvalue weighted by Crippen LogP contribution is 2.36. The Morgan fingerprint density at radius 1 is 0.606 bits per heavy atom. The molecule has 0 atom stereocenters. The maximum absolute atomic E-state index is 5.50. The van der Waals surface area contributed by atoms with E-state index in [0.717, 1.165) is 48.6 Å². The Morgan fingerprint density at radius 3 is 1.61 bits per heavy atom. The lowest BCUT2D eigenvalue weighted by Gasteiger charge is -2.25. The van der Waals surface area contributed by atoms with E-state index in [9.17, 15) is 0 Å². The van der Waals surface area contributed by atoms with Crippen molar-refractivity contribution in [2.75, 3.05) is 19.1 Å². The van der Waals surface area contributed by atoms with Gasteiger partial charge in [-0.2, -0.15) is 0 Å². The molecule has 0 fully saturated rings. The third-order valence-corrected chi connectivity index (χ3v) is 6.27. The summed E-state index contributed by atoms with van der Waals surface area (Å²) < 4.78 is 12.9. The van der Waals surface area contributed by atoms with Crippen LogP contribution in [0.4, 0.5) is 17.1 Å². The molecule has 0 spiro atoms. The van der Waals surface area contributed by atoms with Crippen LogP contribution in [0.3, 0.4) is 0 Å². The number of rotatable bonds is 7. The molecule has 5 heteroatoms. The first kappa shape index (κ1) is 23.1. The van der Waals surface area contributed by atoms with Crippen molar-refractivity contribution in [3.63, 3.8) is 0 Å². The molecule has 0 unspecified atom stereocenters. The monoisotopic (exact) mass is 563 g/mol. The van der Waals surface area contributed by atoms with E-state index in [0.29, 0.717) is 0 Å². The van der Waals surface area contributed by atoms with Gasteiger partial charge in [-0.1, -0.05) is 56.1 Å². The van der Waals surface area contributed by atoms with Crippen LogP contribution in [0.25, 0.3) is 12.2 Å². The Labute approximate surface area is 211 Å². The molecule has 0 N–H and O–H groups in total. The molecule has 0 amide bonds. The number of hydrogen-bond acceptors (Lipinski definition) is 3. The summed E-state index contributed by atoms with van der Waals surface area (Å²) in [6, 6.07) is 31.0. The predicted octanol–water partition coefficient (Wildman–Crippen LogP) is 8.87. The average molecular weight is 565 g/mol. The van der Waals surface area contributed by atoms with Crippen LogP contribution in [-0.2, 0) is 0 Å². The standard InChI is InChI=1S/C28H23Br2NO2/c1-32-27-18-7-21(28(19-27)33-2)6-3-20-4-12-24(13-5-20)31(25-14-8-22(29)9-15-25)26-16-10-23(30)11-17-26/h3-19H,1-2H3. The number of ether oxygens (including phenoxy) is 2. The Balaban J connectivity index is 1.63. The first-order chi connectivity index (χ1) is 16.1. The number of benzene rings is 4. The summed E-state index contributed by atoms with van der Waals surface area (Å²) in [4.78, 5) is 2.23. The fraction of sp³-hybridized carbons (Fsp3) is 0.0714. The summed E-state index contributed by atoms with van der Waals surface area (Å²) in [5.74, 6) is 1.55. The van der Waals surface area contributed by atoms with E-state index in [2.05, 4.69) is 122 Å². The van der Waals surface area contributed by atoms with Crippen molar-refractivity contribution in [3.05, 3.63) is 111 Å². The van der Waals surface area contributed by atoms with Gasteiger partial charge in [0.15, 0.2) is 0 Å². The number of methoxy groups -OCH3 is 2. The maximum Gasteiger partial charge on any atom is 0.129 e. The van der Waals surface area contributed by atoms with Gasteiger partial charge in [0, 0.05) is 37.6 Å². The lowest BCUT2D eigenvalue weighted by molar-refractivity contribution is 0.394. The molecular formula is C28H23Br2NO2. The lowest BCUT2D eigenvalue weighted by Crippen LogP contribution is -2.09. The topological polar surface area (TPSA) is 21.7 Å². The van der Waals surface area contributed by atoms with E-state index in [4.69, 9.17) is 9.47 Å². The minimum Gasteiger partial charge on any atom is -0.497 e. The van der Waals surface area contributed by atoms with Crippen LogP contribution in [0.15, 0.2) is 99.9 Å². The molecule has 166 valence electrons. The van der Waals surface area contributed by atoms with Crippen LogP contribution in [0.2, 0.25) is 0 Å². The van der Waals surface area contributed by atoms with Crippen LogP contribution in [0, 0.1) is 0 Å². The molecule has 0 aliphatic rings. The summed E-state index contributed by atoms with van der Waals surface area (Å²) in [6.07, 6.45) is 4.13. The highest BCUT2D eigenvalue weighted by molar-refractivity contribution is 9.10. The average Bonchev–Trinajstić information content (AvgIpc) is 2.86. The Bertz CT molecular complexity index is 1190. The van der Waals surface area contributed by atoms with E-state index in [1.54, 1.807) is 14.2 Å². The van der Waals surface area contributed by atoms with E-state index in [1.165, 1.54) is 0 Å². The van der Waals surface area contributed by atoms with Gasteiger partial charge in [0.2, 0.25) is 0 Å². The molecule has 4 aromatic carbocycles. The van der Waals surface area contributed by atoms with Crippen molar-refractivity contribution in [1.82, 2.24) is 0 Å². The van der Waals surface area contributed by atoms with Gasteiger partial charge >= 0.3 is 0 Å². The largest absolute Gasteiger partial charge is 0.497 e. The van der Waals surface area contributed by atoms with Gasteiger partial charge in [-0.25, -0.2) is 0 Å². The van der Waals surface area contributed by atoms with E-state index >= 15 is 0 Å². The molecule has 4 aromatic rings. The zero-order chi connectivity index (χ0) is 23.2. The van der Waals surface area contributed by atoms with Crippen LogP contribution < -0.4 is 14.4 Å². The SMILES string of the molecule is COc1ccc(C=Cc2ccc(N(c3ccc(Br)cc3)c3ccc(Br)cc3)cc2)c(OC)c1. The van der Waals surface area contributed by atoms with Gasteiger partial charge in [-0.05, 0) is 78.4 Å². The maximum atomic E-state index is 5.50. The Hall–Kier alpha value is -3.02. The second-order valence-electron chi connectivity index (χ2n) is 7.32. The molecule has 0 saturated carbocycles. The van der Waals surface area contributed by atoms with E-state index in [1.807, 2.05) is 18.2 Å². The van der Waals surface area contributed by atoms with Crippen molar-refractivity contribution in [1.29, 1.82) is 0 Å². The van der Waals surface area contributed by atoms with Crippen molar-refractivity contribution in [3.8, 4) is 11.5 Å². The van der Waals surface area contributed by atoms with Gasteiger partial charge in [-0.15, -0.1) is 0 Å². The van der Waals surface area contributed by atoms with E-state index in [-0.39, 0.29) is 0 Å². The van der Waals surface area contributed by atoms with Crippen LogP contribution in [-0.4, -0.2) is 14.2 Å². The molecule has 3 nitrogen and oxygen atoms in total. The molecule has 4 rings (SSSR count). The van der Waals surface area contributed by atoms with Crippen molar-refractivity contribution < 1.29 is 9.47 Å². The molecule has 0 aliphatic heterocycles. The minimum atomic E-state index is 0.773. The minimum absolute atomic E-state index is 0.773. The highest BCUT2D eigenvalue weighted by Gasteiger charge is 2.12. The van der Waals surface area contributed by atoms with Crippen molar-refractivity contribution in [2.45, 2.75) is 0 Å². The van der Waals surface area contributed by atoms with Gasteiger partial charge in [-0.3, -0.25) is 0 Å². The third kappa shape index (κ3) is 5.67. The first-order valence-electron chi connectivity index (χ1n) is 10.4. The zero-order valence-corrected chi connectivity index (χ0v) is 21.5. The second-order valence-corrected chi connectivity index (χ2v) is 9.15. The van der Waals surface area contributed by atoms with E-state index < -0.39 is 0 Å². The molecule has 0 aliphatic carbocycles. The predicted molar refractivity (Wildman–Crippen MR) is 145 cm³/mol. The number of nitrogens with zero attached hydrogens (tertiary/aromatic N) is 1. The van der Waals surface area contributed by atoms with Crippen LogP contribution in [0.5, 0.6) is 11.5 Å². The second kappa shape index (κ2) is 10.7. The molecular weight excluding hydrogens is 542 g/mol. The van der Waals surface area contributed by atoms with Gasteiger partial charge in [0.25, 0.3) is 0 Å². The van der Waals surface area contributed by atoms with Crippen LogP contribution in [0.1, 0.15) is 11.1 Å². The van der Waals surface area contributed by atoms with Crippen molar-refractivity contribution >= 4 is 61.1 Å². The molecule has 0 bridgehead atoms.